The highest BCUT2D eigenvalue weighted by Crippen LogP contribution is 2.17. The molecule has 0 amide bonds. The van der Waals surface area contributed by atoms with Gasteiger partial charge in [0.15, 0.2) is 5.69 Å². The van der Waals surface area contributed by atoms with E-state index in [0.29, 0.717) is 24.6 Å². The van der Waals surface area contributed by atoms with Crippen molar-refractivity contribution in [3.63, 3.8) is 0 Å². The first-order valence-corrected chi connectivity index (χ1v) is 6.14. The van der Waals surface area contributed by atoms with Crippen molar-refractivity contribution in [2.45, 2.75) is 20.4 Å². The molecule has 6 heteroatoms. The number of morpholine rings is 1. The third kappa shape index (κ3) is 2.88. The standard InChI is InChI=1S/C12H18N2O4/c1-3-17-12(15)11-10(9(2)18-13-11)8-14-4-6-16-7-5-14/h3-8H2,1-2H3. The second-order valence-electron chi connectivity index (χ2n) is 4.17. The molecule has 1 aromatic heterocycles. The summed E-state index contributed by atoms with van der Waals surface area (Å²) in [5.74, 6) is 0.252. The van der Waals surface area contributed by atoms with Gasteiger partial charge in [-0.15, -0.1) is 0 Å². The molecule has 0 aromatic carbocycles. The average Bonchev–Trinajstić information content (AvgIpc) is 2.73. The maximum Gasteiger partial charge on any atom is 0.360 e. The van der Waals surface area contributed by atoms with E-state index in [9.17, 15) is 4.79 Å². The summed E-state index contributed by atoms with van der Waals surface area (Å²) in [6, 6.07) is 0. The maximum absolute atomic E-state index is 11.7. The summed E-state index contributed by atoms with van der Waals surface area (Å²) in [4.78, 5) is 13.9. The van der Waals surface area contributed by atoms with Gasteiger partial charge in [0.05, 0.1) is 19.8 Å². The zero-order valence-corrected chi connectivity index (χ0v) is 10.8. The Morgan fingerprint density at radius 1 is 1.44 bits per heavy atom. The third-order valence-electron chi connectivity index (χ3n) is 2.94. The van der Waals surface area contributed by atoms with Crippen molar-refractivity contribution in [3.05, 3.63) is 17.0 Å². The molecule has 1 aliphatic heterocycles. The van der Waals surface area contributed by atoms with E-state index in [1.165, 1.54) is 0 Å². The van der Waals surface area contributed by atoms with Crippen LogP contribution in [0.5, 0.6) is 0 Å². The lowest BCUT2D eigenvalue weighted by molar-refractivity contribution is 0.0335. The molecule has 1 aliphatic rings. The number of nitrogens with zero attached hydrogens (tertiary/aromatic N) is 2. The average molecular weight is 254 g/mol. The van der Waals surface area contributed by atoms with Crippen LogP contribution < -0.4 is 0 Å². The Morgan fingerprint density at radius 2 is 2.17 bits per heavy atom. The Morgan fingerprint density at radius 3 is 2.83 bits per heavy atom. The number of aryl methyl sites for hydroxylation is 1. The molecule has 0 radical (unpaired) electrons. The van der Waals surface area contributed by atoms with Crippen molar-refractivity contribution < 1.29 is 18.8 Å². The number of carbonyl (C=O) groups is 1. The van der Waals surface area contributed by atoms with Crippen LogP contribution >= 0.6 is 0 Å². The first kappa shape index (κ1) is 13.0. The highest BCUT2D eigenvalue weighted by atomic mass is 16.5. The normalized spacial score (nSPS) is 16.8. The van der Waals surface area contributed by atoms with Crippen molar-refractivity contribution in [2.75, 3.05) is 32.9 Å². The van der Waals surface area contributed by atoms with Gasteiger partial charge in [0.25, 0.3) is 0 Å². The molecule has 2 heterocycles. The fourth-order valence-corrected chi connectivity index (χ4v) is 1.92. The summed E-state index contributed by atoms with van der Waals surface area (Å²) >= 11 is 0. The number of rotatable bonds is 4. The number of hydrogen-bond donors (Lipinski definition) is 0. The highest BCUT2D eigenvalue weighted by Gasteiger charge is 2.23. The summed E-state index contributed by atoms with van der Waals surface area (Å²) in [6.07, 6.45) is 0. The predicted octanol–water partition coefficient (Wildman–Crippen LogP) is 0.992. The van der Waals surface area contributed by atoms with Crippen molar-refractivity contribution in [2.24, 2.45) is 0 Å². The second-order valence-corrected chi connectivity index (χ2v) is 4.17. The minimum absolute atomic E-state index is 0.292. The Bertz CT molecular complexity index is 410. The summed E-state index contributed by atoms with van der Waals surface area (Å²) in [5.41, 5.74) is 1.11. The minimum Gasteiger partial charge on any atom is -0.461 e. The molecule has 0 atom stereocenters. The number of aromatic nitrogens is 1. The third-order valence-corrected chi connectivity index (χ3v) is 2.94. The Labute approximate surface area is 106 Å². The van der Waals surface area contributed by atoms with Gasteiger partial charge in [0.1, 0.15) is 5.76 Å². The summed E-state index contributed by atoms with van der Waals surface area (Å²) < 4.78 is 15.4. The van der Waals surface area contributed by atoms with Crippen molar-refractivity contribution in [1.82, 2.24) is 10.1 Å². The van der Waals surface area contributed by atoms with E-state index in [1.54, 1.807) is 6.92 Å². The van der Waals surface area contributed by atoms with E-state index in [2.05, 4.69) is 10.1 Å². The molecule has 1 saturated heterocycles. The van der Waals surface area contributed by atoms with E-state index < -0.39 is 5.97 Å². The molecule has 0 saturated carbocycles. The van der Waals surface area contributed by atoms with E-state index in [-0.39, 0.29) is 0 Å². The number of hydrogen-bond acceptors (Lipinski definition) is 6. The summed E-state index contributed by atoms with van der Waals surface area (Å²) in [6.45, 7) is 7.71. The van der Waals surface area contributed by atoms with Gasteiger partial charge in [-0.3, -0.25) is 4.90 Å². The van der Waals surface area contributed by atoms with Crippen molar-refractivity contribution >= 4 is 5.97 Å². The SMILES string of the molecule is CCOC(=O)c1noc(C)c1CN1CCOCC1. The van der Waals surface area contributed by atoms with E-state index >= 15 is 0 Å². The maximum atomic E-state index is 11.7. The second kappa shape index (κ2) is 5.97. The quantitative estimate of drug-likeness (QED) is 0.747. The van der Waals surface area contributed by atoms with E-state index in [4.69, 9.17) is 14.0 Å². The van der Waals surface area contributed by atoms with Gasteiger partial charge < -0.3 is 14.0 Å². The van der Waals surface area contributed by atoms with Gasteiger partial charge in [0.2, 0.25) is 0 Å². The molecule has 2 rings (SSSR count). The highest BCUT2D eigenvalue weighted by molar-refractivity contribution is 5.88. The molecule has 100 valence electrons. The minimum atomic E-state index is -0.419. The predicted molar refractivity (Wildman–Crippen MR) is 63.3 cm³/mol. The van der Waals surface area contributed by atoms with Crippen LogP contribution in [0.25, 0.3) is 0 Å². The Balaban J connectivity index is 2.10. The van der Waals surface area contributed by atoms with Gasteiger partial charge in [0, 0.05) is 25.2 Å². The molecule has 6 nitrogen and oxygen atoms in total. The molecule has 0 aliphatic carbocycles. The smallest absolute Gasteiger partial charge is 0.360 e. The monoisotopic (exact) mass is 254 g/mol. The van der Waals surface area contributed by atoms with Crippen LogP contribution in [0.15, 0.2) is 4.52 Å². The fraction of sp³-hybridized carbons (Fsp3) is 0.667. The molecule has 0 bridgehead atoms. The number of ether oxygens (including phenoxy) is 2. The molecule has 0 spiro atoms. The zero-order valence-electron chi connectivity index (χ0n) is 10.8. The Kier molecular flexibility index (Phi) is 4.33. The van der Waals surface area contributed by atoms with Gasteiger partial charge in [-0.05, 0) is 13.8 Å². The van der Waals surface area contributed by atoms with Crippen molar-refractivity contribution in [3.8, 4) is 0 Å². The lowest BCUT2D eigenvalue weighted by Crippen LogP contribution is -2.36. The largest absolute Gasteiger partial charge is 0.461 e. The first-order chi connectivity index (χ1) is 8.72. The van der Waals surface area contributed by atoms with Crippen LogP contribution in [-0.2, 0) is 16.0 Å². The summed E-state index contributed by atoms with van der Waals surface area (Å²) in [5, 5.41) is 3.79. The molecular weight excluding hydrogens is 236 g/mol. The lowest BCUT2D eigenvalue weighted by atomic mass is 10.1. The topological polar surface area (TPSA) is 64.8 Å². The molecule has 0 unspecified atom stereocenters. The first-order valence-electron chi connectivity index (χ1n) is 6.14. The van der Waals surface area contributed by atoms with E-state index in [1.807, 2.05) is 6.92 Å². The van der Waals surface area contributed by atoms with Gasteiger partial charge >= 0.3 is 5.97 Å². The van der Waals surface area contributed by atoms with Gasteiger partial charge in [-0.1, -0.05) is 5.16 Å². The van der Waals surface area contributed by atoms with Crippen molar-refractivity contribution in [1.29, 1.82) is 0 Å². The zero-order chi connectivity index (χ0) is 13.0. The molecule has 1 aromatic rings. The molecule has 0 N–H and O–H groups in total. The lowest BCUT2D eigenvalue weighted by Gasteiger charge is -2.26. The molecule has 1 fully saturated rings. The van der Waals surface area contributed by atoms with Crippen LogP contribution in [0.2, 0.25) is 0 Å². The summed E-state index contributed by atoms with van der Waals surface area (Å²) in [7, 11) is 0. The fourth-order valence-electron chi connectivity index (χ4n) is 1.92. The van der Waals surface area contributed by atoms with Gasteiger partial charge in [-0.2, -0.15) is 0 Å². The molecule has 18 heavy (non-hydrogen) atoms. The Hall–Kier alpha value is -1.40. The van der Waals surface area contributed by atoms with Crippen LogP contribution in [0, 0.1) is 6.92 Å². The van der Waals surface area contributed by atoms with Crippen LogP contribution in [0.1, 0.15) is 28.7 Å². The van der Waals surface area contributed by atoms with Gasteiger partial charge in [-0.25, -0.2) is 4.79 Å². The number of carbonyl (C=O) groups excluding carboxylic acids is 1. The van der Waals surface area contributed by atoms with E-state index in [0.717, 1.165) is 31.9 Å². The molecular formula is C12H18N2O4. The van der Waals surface area contributed by atoms with Crippen LogP contribution in [0.4, 0.5) is 0 Å². The van der Waals surface area contributed by atoms with Crippen LogP contribution in [0.3, 0.4) is 0 Å². The van der Waals surface area contributed by atoms with Crippen LogP contribution in [-0.4, -0.2) is 48.9 Å². The number of esters is 1.